The standard InChI is InChI=1S/C14H18INO2/c1-16(12-8-4-5-9-13(12)17)14(18)10-6-2-3-7-11(10)15/h2-3,6-7,12-13,17H,4-5,8-9H2,1H3/t12-,13-/m1/s1. The van der Waals surface area contributed by atoms with Crippen LogP contribution in [0.4, 0.5) is 0 Å². The molecule has 0 saturated heterocycles. The summed E-state index contributed by atoms with van der Waals surface area (Å²) in [4.78, 5) is 14.1. The Hall–Kier alpha value is -0.620. The van der Waals surface area contributed by atoms with E-state index in [2.05, 4.69) is 22.6 Å². The third kappa shape index (κ3) is 2.85. The molecule has 3 nitrogen and oxygen atoms in total. The maximum Gasteiger partial charge on any atom is 0.255 e. The molecular formula is C14H18INO2. The lowest BCUT2D eigenvalue weighted by atomic mass is 9.91. The Morgan fingerprint density at radius 2 is 2.00 bits per heavy atom. The number of rotatable bonds is 2. The average molecular weight is 359 g/mol. The van der Waals surface area contributed by atoms with Gasteiger partial charge in [-0.2, -0.15) is 0 Å². The molecule has 1 saturated carbocycles. The van der Waals surface area contributed by atoms with Crippen molar-refractivity contribution >= 4 is 28.5 Å². The maximum atomic E-state index is 12.4. The Kier molecular flexibility index (Phi) is 4.61. The number of hydrogen-bond acceptors (Lipinski definition) is 2. The molecule has 2 atom stereocenters. The van der Waals surface area contributed by atoms with E-state index in [9.17, 15) is 9.90 Å². The van der Waals surface area contributed by atoms with Crippen LogP contribution in [-0.2, 0) is 0 Å². The largest absolute Gasteiger partial charge is 0.391 e. The first-order valence-corrected chi connectivity index (χ1v) is 7.39. The number of benzene rings is 1. The molecule has 0 radical (unpaired) electrons. The minimum absolute atomic E-state index is 0.00551. The molecule has 18 heavy (non-hydrogen) atoms. The summed E-state index contributed by atoms with van der Waals surface area (Å²) in [6.45, 7) is 0. The van der Waals surface area contributed by atoms with Gasteiger partial charge in [-0.1, -0.05) is 25.0 Å². The Balaban J connectivity index is 2.16. The van der Waals surface area contributed by atoms with Crippen LogP contribution in [-0.4, -0.2) is 35.1 Å². The van der Waals surface area contributed by atoms with E-state index in [1.807, 2.05) is 24.3 Å². The molecule has 0 aromatic heterocycles. The Bertz CT molecular complexity index is 436. The summed E-state index contributed by atoms with van der Waals surface area (Å²) in [7, 11) is 1.80. The van der Waals surface area contributed by atoms with Gasteiger partial charge in [0.05, 0.1) is 17.7 Å². The van der Waals surface area contributed by atoms with Crippen LogP contribution in [0.25, 0.3) is 0 Å². The third-order valence-corrected chi connectivity index (χ3v) is 4.56. The highest BCUT2D eigenvalue weighted by Crippen LogP contribution is 2.24. The minimum atomic E-state index is -0.380. The molecule has 0 spiro atoms. The van der Waals surface area contributed by atoms with Crippen molar-refractivity contribution in [1.29, 1.82) is 0 Å². The third-order valence-electron chi connectivity index (χ3n) is 3.62. The molecule has 0 heterocycles. The number of aliphatic hydroxyl groups is 1. The first-order chi connectivity index (χ1) is 8.61. The Morgan fingerprint density at radius 1 is 1.33 bits per heavy atom. The van der Waals surface area contributed by atoms with Crippen molar-refractivity contribution in [3.05, 3.63) is 33.4 Å². The van der Waals surface area contributed by atoms with Gasteiger partial charge in [0, 0.05) is 10.6 Å². The fourth-order valence-electron chi connectivity index (χ4n) is 2.52. The summed E-state index contributed by atoms with van der Waals surface area (Å²) in [5.41, 5.74) is 0.721. The maximum absolute atomic E-state index is 12.4. The predicted octanol–water partition coefficient (Wildman–Crippen LogP) is 2.67. The zero-order valence-electron chi connectivity index (χ0n) is 10.5. The zero-order valence-corrected chi connectivity index (χ0v) is 12.6. The van der Waals surface area contributed by atoms with Crippen LogP contribution >= 0.6 is 22.6 Å². The SMILES string of the molecule is CN(C(=O)c1ccccc1I)[C@@H]1CCCC[C@H]1O. The second-order valence-electron chi connectivity index (χ2n) is 4.82. The van der Waals surface area contributed by atoms with Gasteiger partial charge in [-0.25, -0.2) is 0 Å². The van der Waals surface area contributed by atoms with Crippen molar-refractivity contribution < 1.29 is 9.90 Å². The smallest absolute Gasteiger partial charge is 0.255 e. The predicted molar refractivity (Wildman–Crippen MR) is 79.5 cm³/mol. The molecule has 0 bridgehead atoms. The lowest BCUT2D eigenvalue weighted by Gasteiger charge is -2.35. The highest BCUT2D eigenvalue weighted by atomic mass is 127. The van der Waals surface area contributed by atoms with Crippen molar-refractivity contribution in [2.24, 2.45) is 0 Å². The Labute approximate surface area is 121 Å². The second-order valence-corrected chi connectivity index (χ2v) is 5.98. The summed E-state index contributed by atoms with van der Waals surface area (Å²) in [6.07, 6.45) is 3.46. The van der Waals surface area contributed by atoms with E-state index in [0.29, 0.717) is 0 Å². The van der Waals surface area contributed by atoms with Crippen molar-refractivity contribution in [2.75, 3.05) is 7.05 Å². The number of aliphatic hydroxyl groups excluding tert-OH is 1. The molecule has 1 aromatic carbocycles. The van der Waals surface area contributed by atoms with Crippen molar-refractivity contribution in [2.45, 2.75) is 37.8 Å². The molecule has 1 aromatic rings. The monoisotopic (exact) mass is 359 g/mol. The van der Waals surface area contributed by atoms with Crippen LogP contribution in [0.5, 0.6) is 0 Å². The molecule has 98 valence electrons. The topological polar surface area (TPSA) is 40.5 Å². The fraction of sp³-hybridized carbons (Fsp3) is 0.500. The molecule has 0 aliphatic heterocycles. The van der Waals surface area contributed by atoms with Crippen molar-refractivity contribution in [3.63, 3.8) is 0 Å². The fourth-order valence-corrected chi connectivity index (χ4v) is 3.14. The zero-order chi connectivity index (χ0) is 13.1. The van der Waals surface area contributed by atoms with E-state index in [4.69, 9.17) is 0 Å². The molecular weight excluding hydrogens is 341 g/mol. The number of amides is 1. The van der Waals surface area contributed by atoms with Gasteiger partial charge >= 0.3 is 0 Å². The van der Waals surface area contributed by atoms with E-state index in [1.165, 1.54) is 0 Å². The van der Waals surface area contributed by atoms with E-state index >= 15 is 0 Å². The summed E-state index contributed by atoms with van der Waals surface area (Å²) >= 11 is 2.18. The number of carbonyl (C=O) groups is 1. The molecule has 1 aliphatic carbocycles. The van der Waals surface area contributed by atoms with Crippen LogP contribution < -0.4 is 0 Å². The Morgan fingerprint density at radius 3 is 2.67 bits per heavy atom. The van der Waals surface area contributed by atoms with Crippen LogP contribution in [0.2, 0.25) is 0 Å². The first kappa shape index (κ1) is 13.8. The number of likely N-dealkylation sites (N-methyl/N-ethyl adjacent to an activating group) is 1. The second kappa shape index (κ2) is 6.02. The normalized spacial score (nSPS) is 23.7. The summed E-state index contributed by atoms with van der Waals surface area (Å²) < 4.78 is 0.956. The number of carbonyl (C=O) groups excluding carboxylic acids is 1. The van der Waals surface area contributed by atoms with Crippen LogP contribution in [0, 0.1) is 3.57 Å². The molecule has 1 N–H and O–H groups in total. The summed E-state index contributed by atoms with van der Waals surface area (Å²) in [5, 5.41) is 10.0. The van der Waals surface area contributed by atoms with Gasteiger partial charge in [0.25, 0.3) is 5.91 Å². The molecule has 4 heteroatoms. The molecule has 1 amide bonds. The van der Waals surface area contributed by atoms with Crippen LogP contribution in [0.3, 0.4) is 0 Å². The van der Waals surface area contributed by atoms with Crippen molar-refractivity contribution in [3.8, 4) is 0 Å². The van der Waals surface area contributed by atoms with Gasteiger partial charge in [0.15, 0.2) is 0 Å². The van der Waals surface area contributed by atoms with Gasteiger partial charge in [0.2, 0.25) is 0 Å². The van der Waals surface area contributed by atoms with Gasteiger partial charge in [-0.15, -0.1) is 0 Å². The first-order valence-electron chi connectivity index (χ1n) is 6.31. The van der Waals surface area contributed by atoms with Gasteiger partial charge in [-0.3, -0.25) is 4.79 Å². The highest BCUT2D eigenvalue weighted by Gasteiger charge is 2.30. The summed E-state index contributed by atoms with van der Waals surface area (Å²) in [5.74, 6) is 0.00551. The van der Waals surface area contributed by atoms with Crippen LogP contribution in [0.1, 0.15) is 36.0 Å². The molecule has 1 aliphatic rings. The quantitative estimate of drug-likeness (QED) is 0.825. The minimum Gasteiger partial charge on any atom is -0.391 e. The van der Waals surface area contributed by atoms with Crippen molar-refractivity contribution in [1.82, 2.24) is 4.90 Å². The van der Waals surface area contributed by atoms with E-state index in [0.717, 1.165) is 34.8 Å². The summed E-state index contributed by atoms with van der Waals surface area (Å²) in [6, 6.07) is 7.53. The van der Waals surface area contributed by atoms with E-state index < -0.39 is 0 Å². The lowest BCUT2D eigenvalue weighted by molar-refractivity contribution is 0.0267. The average Bonchev–Trinajstić information content (AvgIpc) is 2.38. The number of nitrogens with zero attached hydrogens (tertiary/aromatic N) is 1. The molecule has 0 unspecified atom stereocenters. The molecule has 1 fully saturated rings. The van der Waals surface area contributed by atoms with Crippen LogP contribution in [0.15, 0.2) is 24.3 Å². The lowest BCUT2D eigenvalue weighted by Crippen LogP contribution is -2.46. The number of hydrogen-bond donors (Lipinski definition) is 1. The molecule has 2 rings (SSSR count). The van der Waals surface area contributed by atoms with Gasteiger partial charge in [0.1, 0.15) is 0 Å². The highest BCUT2D eigenvalue weighted by molar-refractivity contribution is 14.1. The number of halogens is 1. The van der Waals surface area contributed by atoms with Gasteiger partial charge in [-0.05, 0) is 47.6 Å². The van der Waals surface area contributed by atoms with E-state index in [-0.39, 0.29) is 18.1 Å². The van der Waals surface area contributed by atoms with Gasteiger partial charge < -0.3 is 10.0 Å². The van der Waals surface area contributed by atoms with E-state index in [1.54, 1.807) is 11.9 Å².